The molecule has 2 nitrogen and oxygen atoms in total. The Morgan fingerprint density at radius 2 is 1.71 bits per heavy atom. The van der Waals surface area contributed by atoms with Crippen LogP contribution in [0.15, 0.2) is 59.3 Å². The second-order valence-electron chi connectivity index (χ2n) is 3.73. The predicted molar refractivity (Wildman–Crippen MR) is 72.7 cm³/mol. The van der Waals surface area contributed by atoms with Gasteiger partial charge in [-0.2, -0.15) is 0 Å². The van der Waals surface area contributed by atoms with Gasteiger partial charge < -0.3 is 0 Å². The quantitative estimate of drug-likeness (QED) is 0.630. The summed E-state index contributed by atoms with van der Waals surface area (Å²) in [6, 6.07) is 16.0. The van der Waals surface area contributed by atoms with Gasteiger partial charge in [-0.05, 0) is 34.1 Å². The van der Waals surface area contributed by atoms with Crippen LogP contribution in [-0.2, 0) is 0 Å². The van der Waals surface area contributed by atoms with Crippen LogP contribution in [-0.4, -0.2) is 9.97 Å². The first-order valence-corrected chi connectivity index (χ1v) is 6.10. The molecule has 0 fully saturated rings. The highest BCUT2D eigenvalue weighted by Crippen LogP contribution is 2.26. The fraction of sp³-hybridized carbons (Fsp3) is 0. The van der Waals surface area contributed by atoms with Gasteiger partial charge in [-0.3, -0.25) is 4.98 Å². The first-order valence-electron chi connectivity index (χ1n) is 5.31. The van der Waals surface area contributed by atoms with E-state index in [1.807, 2.05) is 42.6 Å². The first kappa shape index (κ1) is 10.4. The molecule has 0 radical (unpaired) electrons. The van der Waals surface area contributed by atoms with Crippen molar-refractivity contribution in [2.75, 3.05) is 0 Å². The van der Waals surface area contributed by atoms with Crippen molar-refractivity contribution in [2.45, 2.75) is 0 Å². The molecule has 2 heterocycles. The first-order chi connectivity index (χ1) is 8.34. The number of fused-ring (bicyclic) bond motifs is 1. The summed E-state index contributed by atoms with van der Waals surface area (Å²) in [6.45, 7) is 0. The number of para-hydroxylation sites is 1. The smallest absolute Gasteiger partial charge is 0.106 e. The minimum atomic E-state index is 0.836. The topological polar surface area (TPSA) is 25.8 Å². The van der Waals surface area contributed by atoms with E-state index in [0.29, 0.717) is 0 Å². The summed E-state index contributed by atoms with van der Waals surface area (Å²) in [5.41, 5.74) is 2.98. The highest BCUT2D eigenvalue weighted by Gasteiger charge is 2.05. The van der Waals surface area contributed by atoms with E-state index in [0.717, 1.165) is 26.8 Å². The third-order valence-corrected chi connectivity index (χ3v) is 3.07. The molecule has 2 aromatic heterocycles. The third kappa shape index (κ3) is 1.94. The van der Waals surface area contributed by atoms with Gasteiger partial charge in [0.05, 0.1) is 11.2 Å². The van der Waals surface area contributed by atoms with Gasteiger partial charge >= 0.3 is 0 Å². The van der Waals surface area contributed by atoms with Crippen molar-refractivity contribution in [3.05, 3.63) is 59.3 Å². The van der Waals surface area contributed by atoms with E-state index in [1.165, 1.54) is 0 Å². The molecule has 0 bridgehead atoms. The molecule has 3 aromatic rings. The van der Waals surface area contributed by atoms with Crippen LogP contribution in [0.4, 0.5) is 0 Å². The average Bonchev–Trinajstić information content (AvgIpc) is 2.38. The van der Waals surface area contributed by atoms with Crippen molar-refractivity contribution in [1.82, 2.24) is 9.97 Å². The molecule has 17 heavy (non-hydrogen) atoms. The lowest BCUT2D eigenvalue weighted by Gasteiger charge is -2.05. The number of benzene rings is 1. The van der Waals surface area contributed by atoms with Crippen molar-refractivity contribution in [2.24, 2.45) is 0 Å². The Hall–Kier alpha value is -1.74. The van der Waals surface area contributed by atoms with Gasteiger partial charge in [0.25, 0.3) is 0 Å². The predicted octanol–water partition coefficient (Wildman–Crippen LogP) is 4.06. The Morgan fingerprint density at radius 3 is 2.59 bits per heavy atom. The molecule has 0 aliphatic heterocycles. The summed E-state index contributed by atoms with van der Waals surface area (Å²) in [4.78, 5) is 8.90. The minimum Gasteiger partial charge on any atom is -0.256 e. The lowest BCUT2D eigenvalue weighted by atomic mass is 10.1. The zero-order chi connectivity index (χ0) is 11.7. The Balaban J connectivity index is 2.30. The Kier molecular flexibility index (Phi) is 2.61. The van der Waals surface area contributed by atoms with Gasteiger partial charge in [0.2, 0.25) is 0 Å². The lowest BCUT2D eigenvalue weighted by Crippen LogP contribution is -1.87. The highest BCUT2D eigenvalue weighted by molar-refractivity contribution is 9.10. The molecule has 3 rings (SSSR count). The van der Waals surface area contributed by atoms with Crippen molar-refractivity contribution >= 4 is 26.8 Å². The summed E-state index contributed by atoms with van der Waals surface area (Å²) < 4.78 is 0.836. The van der Waals surface area contributed by atoms with Gasteiger partial charge in [0.1, 0.15) is 4.60 Å². The molecule has 82 valence electrons. The standard InChI is InChI=1S/C14H9BrN2/c15-13-8-2-7-12(17-13)11-6-1-4-10-5-3-9-16-14(10)11/h1-9H. The normalized spacial score (nSPS) is 10.6. The van der Waals surface area contributed by atoms with Gasteiger partial charge in [-0.1, -0.05) is 30.3 Å². The number of pyridine rings is 2. The van der Waals surface area contributed by atoms with Crippen LogP contribution in [0.2, 0.25) is 0 Å². The van der Waals surface area contributed by atoms with Gasteiger partial charge in [-0.15, -0.1) is 0 Å². The SMILES string of the molecule is Brc1cccc(-c2cccc3cccnc23)n1. The molecule has 0 aliphatic rings. The van der Waals surface area contributed by atoms with E-state index >= 15 is 0 Å². The number of hydrogen-bond acceptors (Lipinski definition) is 2. The molecule has 0 N–H and O–H groups in total. The van der Waals surface area contributed by atoms with Crippen LogP contribution in [0.1, 0.15) is 0 Å². The van der Waals surface area contributed by atoms with E-state index in [9.17, 15) is 0 Å². The molecule has 0 amide bonds. The molecule has 0 atom stereocenters. The summed E-state index contributed by atoms with van der Waals surface area (Å²) in [5, 5.41) is 1.13. The fourth-order valence-electron chi connectivity index (χ4n) is 1.87. The molecule has 1 aromatic carbocycles. The number of halogens is 1. The Morgan fingerprint density at radius 1 is 0.882 bits per heavy atom. The minimum absolute atomic E-state index is 0.836. The Labute approximate surface area is 107 Å². The van der Waals surface area contributed by atoms with Gasteiger partial charge in [0, 0.05) is 17.1 Å². The van der Waals surface area contributed by atoms with E-state index in [4.69, 9.17) is 0 Å². The van der Waals surface area contributed by atoms with Gasteiger partial charge in [0.15, 0.2) is 0 Å². The highest BCUT2D eigenvalue weighted by atomic mass is 79.9. The monoisotopic (exact) mass is 284 g/mol. The molecule has 0 saturated heterocycles. The van der Waals surface area contributed by atoms with E-state index in [2.05, 4.69) is 38.0 Å². The molecule has 3 heteroatoms. The summed E-state index contributed by atoms with van der Waals surface area (Å²) in [6.07, 6.45) is 1.81. The van der Waals surface area contributed by atoms with E-state index in [-0.39, 0.29) is 0 Å². The van der Waals surface area contributed by atoms with Gasteiger partial charge in [-0.25, -0.2) is 4.98 Å². The second kappa shape index (κ2) is 4.26. The summed E-state index contributed by atoms with van der Waals surface area (Å²) in [5.74, 6) is 0. The van der Waals surface area contributed by atoms with Crippen LogP contribution in [0, 0.1) is 0 Å². The maximum atomic E-state index is 4.47. The van der Waals surface area contributed by atoms with Crippen molar-refractivity contribution in [3.63, 3.8) is 0 Å². The number of hydrogen-bond donors (Lipinski definition) is 0. The molecule has 0 aliphatic carbocycles. The zero-order valence-electron chi connectivity index (χ0n) is 8.97. The number of rotatable bonds is 1. The zero-order valence-corrected chi connectivity index (χ0v) is 10.6. The number of aromatic nitrogens is 2. The molecular weight excluding hydrogens is 276 g/mol. The van der Waals surface area contributed by atoms with E-state index < -0.39 is 0 Å². The summed E-state index contributed by atoms with van der Waals surface area (Å²) in [7, 11) is 0. The van der Waals surface area contributed by atoms with Crippen molar-refractivity contribution in [3.8, 4) is 11.3 Å². The van der Waals surface area contributed by atoms with Crippen LogP contribution in [0.5, 0.6) is 0 Å². The lowest BCUT2D eigenvalue weighted by molar-refractivity contribution is 1.28. The van der Waals surface area contributed by atoms with Crippen LogP contribution < -0.4 is 0 Å². The van der Waals surface area contributed by atoms with Crippen LogP contribution >= 0.6 is 15.9 Å². The molecular formula is C14H9BrN2. The molecule has 0 saturated carbocycles. The van der Waals surface area contributed by atoms with Crippen LogP contribution in [0.25, 0.3) is 22.2 Å². The van der Waals surface area contributed by atoms with Crippen molar-refractivity contribution in [1.29, 1.82) is 0 Å². The molecule has 0 unspecified atom stereocenters. The maximum absolute atomic E-state index is 4.47. The second-order valence-corrected chi connectivity index (χ2v) is 4.54. The fourth-order valence-corrected chi connectivity index (χ4v) is 2.21. The molecule has 0 spiro atoms. The maximum Gasteiger partial charge on any atom is 0.106 e. The van der Waals surface area contributed by atoms with Crippen LogP contribution in [0.3, 0.4) is 0 Å². The average molecular weight is 285 g/mol. The Bertz CT molecular complexity index is 674. The third-order valence-electron chi connectivity index (χ3n) is 2.62. The van der Waals surface area contributed by atoms with Crippen molar-refractivity contribution < 1.29 is 0 Å². The summed E-state index contributed by atoms with van der Waals surface area (Å²) >= 11 is 3.39. The number of nitrogens with zero attached hydrogens (tertiary/aromatic N) is 2. The van der Waals surface area contributed by atoms with E-state index in [1.54, 1.807) is 0 Å². The largest absolute Gasteiger partial charge is 0.256 e.